The predicted molar refractivity (Wildman–Crippen MR) is 124 cm³/mol. The lowest BCUT2D eigenvalue weighted by Gasteiger charge is -2.27. The van der Waals surface area contributed by atoms with Crippen LogP contribution in [-0.4, -0.2) is 47.9 Å². The van der Waals surface area contributed by atoms with E-state index in [2.05, 4.69) is 32.9 Å². The number of benzene rings is 1. The molecule has 0 spiro atoms. The molecule has 2 aliphatic rings. The Morgan fingerprint density at radius 1 is 1.22 bits per heavy atom. The minimum absolute atomic E-state index is 0.0651. The number of carbonyl (C=O) groups is 3. The zero-order valence-electron chi connectivity index (χ0n) is 18.2. The molecule has 2 aliphatic heterocycles. The highest BCUT2D eigenvalue weighted by molar-refractivity contribution is 6.36. The fourth-order valence-electron chi connectivity index (χ4n) is 4.26. The number of aromatic nitrogens is 1. The van der Waals surface area contributed by atoms with Gasteiger partial charge in [0.15, 0.2) is 0 Å². The Balaban J connectivity index is 1.49. The van der Waals surface area contributed by atoms with Gasteiger partial charge in [-0.1, -0.05) is 0 Å². The Morgan fingerprint density at radius 3 is 2.69 bits per heavy atom. The van der Waals surface area contributed by atoms with Crippen LogP contribution >= 0.6 is 0 Å². The monoisotopic (exact) mass is 436 g/mol. The molecule has 1 fully saturated rings. The minimum atomic E-state index is -0.666. The van der Waals surface area contributed by atoms with Gasteiger partial charge in [0.25, 0.3) is 5.91 Å². The van der Waals surface area contributed by atoms with Crippen LogP contribution in [0.5, 0.6) is 0 Å². The summed E-state index contributed by atoms with van der Waals surface area (Å²) in [5.74, 6) is -0.0506. The molecule has 4 amide bonds. The maximum atomic E-state index is 12.6. The Kier molecular flexibility index (Phi) is 6.00. The van der Waals surface area contributed by atoms with Gasteiger partial charge in [-0.3, -0.25) is 9.59 Å². The number of allylic oxidation sites excluding steroid dienone is 1. The molecule has 1 aromatic heterocycles. The molecule has 4 rings (SSSR count). The van der Waals surface area contributed by atoms with Gasteiger partial charge in [-0.2, -0.15) is 0 Å². The molecule has 32 heavy (non-hydrogen) atoms. The van der Waals surface area contributed by atoms with E-state index in [1.54, 1.807) is 18.2 Å². The van der Waals surface area contributed by atoms with Crippen LogP contribution in [0.3, 0.4) is 0 Å². The number of nitrogens with two attached hydrogens (primary N) is 1. The third kappa shape index (κ3) is 4.52. The first kappa shape index (κ1) is 21.6. The van der Waals surface area contributed by atoms with Gasteiger partial charge < -0.3 is 31.6 Å². The van der Waals surface area contributed by atoms with Gasteiger partial charge in [0.05, 0.1) is 5.57 Å². The van der Waals surface area contributed by atoms with E-state index >= 15 is 0 Å². The van der Waals surface area contributed by atoms with E-state index in [4.69, 9.17) is 5.73 Å². The Hall–Kier alpha value is -3.59. The third-order valence-electron chi connectivity index (χ3n) is 6.11. The van der Waals surface area contributed by atoms with E-state index in [1.807, 2.05) is 19.2 Å². The second-order valence-corrected chi connectivity index (χ2v) is 8.42. The van der Waals surface area contributed by atoms with Crippen molar-refractivity contribution in [2.75, 3.05) is 30.8 Å². The molecule has 2 aromatic rings. The normalized spacial score (nSPS) is 18.1. The number of hydrogen-bond acceptors (Lipinski definition) is 4. The first-order chi connectivity index (χ1) is 15.3. The molecule has 168 valence electrons. The number of carbonyl (C=O) groups excluding carboxylic acids is 3. The highest BCUT2D eigenvalue weighted by atomic mass is 16.2. The number of amides is 4. The highest BCUT2D eigenvalue weighted by Gasteiger charge is 2.27. The zero-order chi connectivity index (χ0) is 22.8. The Labute approximate surface area is 186 Å². The van der Waals surface area contributed by atoms with Gasteiger partial charge in [0.1, 0.15) is 0 Å². The fourth-order valence-corrected chi connectivity index (χ4v) is 4.26. The van der Waals surface area contributed by atoms with E-state index in [-0.39, 0.29) is 17.7 Å². The van der Waals surface area contributed by atoms with E-state index in [0.29, 0.717) is 29.1 Å². The summed E-state index contributed by atoms with van der Waals surface area (Å²) in [5, 5.41) is 8.42. The third-order valence-corrected chi connectivity index (χ3v) is 6.11. The molecule has 9 heteroatoms. The number of fused-ring (bicyclic) bond motifs is 1. The number of primary amides is 1. The standard InChI is InChI=1S/C23H28N6O3/c1-13(20-17-10-16(27-23(24)32)3-4-18(17)28-22(20)31)19-9-14(11-25-19)12-26-21(30)15-5-7-29(2)8-6-15/h3-4,9-11,15,25H,5-8,12H2,1-2H3,(H,26,30)(H,28,31)(H3,24,27,32). The maximum Gasteiger partial charge on any atom is 0.316 e. The van der Waals surface area contributed by atoms with E-state index in [0.717, 1.165) is 42.8 Å². The van der Waals surface area contributed by atoms with Crippen LogP contribution in [0.25, 0.3) is 11.1 Å². The quantitative estimate of drug-likeness (QED) is 0.460. The predicted octanol–water partition coefficient (Wildman–Crippen LogP) is 2.35. The molecule has 1 saturated heterocycles. The van der Waals surface area contributed by atoms with E-state index in [1.165, 1.54) is 0 Å². The van der Waals surface area contributed by atoms with Gasteiger partial charge in [-0.15, -0.1) is 0 Å². The summed E-state index contributed by atoms with van der Waals surface area (Å²) in [6.07, 6.45) is 3.60. The van der Waals surface area contributed by atoms with Crippen molar-refractivity contribution < 1.29 is 14.4 Å². The first-order valence-corrected chi connectivity index (χ1v) is 10.7. The second-order valence-electron chi connectivity index (χ2n) is 8.42. The summed E-state index contributed by atoms with van der Waals surface area (Å²) >= 11 is 0. The number of aromatic amines is 1. The maximum absolute atomic E-state index is 12.6. The van der Waals surface area contributed by atoms with Gasteiger partial charge in [0, 0.05) is 41.3 Å². The first-order valence-electron chi connectivity index (χ1n) is 10.7. The number of H-pyrrole nitrogens is 1. The van der Waals surface area contributed by atoms with Crippen LogP contribution in [0.1, 0.15) is 36.6 Å². The summed E-state index contributed by atoms with van der Waals surface area (Å²) < 4.78 is 0. The summed E-state index contributed by atoms with van der Waals surface area (Å²) in [6.45, 7) is 4.18. The largest absolute Gasteiger partial charge is 0.361 e. The molecule has 0 saturated carbocycles. The molecule has 3 heterocycles. The Bertz CT molecular complexity index is 1090. The summed E-state index contributed by atoms with van der Waals surface area (Å²) in [7, 11) is 2.07. The molecule has 0 atom stereocenters. The highest BCUT2D eigenvalue weighted by Crippen LogP contribution is 2.38. The smallest absolute Gasteiger partial charge is 0.316 e. The van der Waals surface area contributed by atoms with Gasteiger partial charge in [0.2, 0.25) is 5.91 Å². The number of nitrogens with zero attached hydrogens (tertiary/aromatic N) is 1. The fraction of sp³-hybridized carbons (Fsp3) is 0.348. The van der Waals surface area contributed by atoms with Crippen LogP contribution < -0.4 is 21.7 Å². The van der Waals surface area contributed by atoms with Crippen molar-refractivity contribution in [3.05, 3.63) is 47.3 Å². The number of anilines is 2. The lowest BCUT2D eigenvalue weighted by molar-refractivity contribution is -0.126. The molecule has 0 bridgehead atoms. The Morgan fingerprint density at radius 2 is 1.97 bits per heavy atom. The van der Waals surface area contributed by atoms with Gasteiger partial charge >= 0.3 is 6.03 Å². The van der Waals surface area contributed by atoms with E-state index < -0.39 is 6.03 Å². The van der Waals surface area contributed by atoms with Gasteiger partial charge in [-0.05, 0) is 75.3 Å². The molecule has 0 aliphatic carbocycles. The molecular formula is C23H28N6O3. The lowest BCUT2D eigenvalue weighted by Crippen LogP contribution is -2.38. The van der Waals surface area contributed by atoms with Crippen LogP contribution in [-0.2, 0) is 16.1 Å². The number of piperidine rings is 1. The van der Waals surface area contributed by atoms with Crippen LogP contribution in [0.15, 0.2) is 30.5 Å². The van der Waals surface area contributed by atoms with Gasteiger partial charge in [-0.25, -0.2) is 4.79 Å². The minimum Gasteiger partial charge on any atom is -0.361 e. The number of likely N-dealkylation sites (tertiary alicyclic amines) is 1. The summed E-state index contributed by atoms with van der Waals surface area (Å²) in [6, 6.07) is 6.41. The molecule has 1 aromatic carbocycles. The van der Waals surface area contributed by atoms with Crippen LogP contribution in [0.4, 0.5) is 16.2 Å². The van der Waals surface area contributed by atoms with Crippen LogP contribution in [0.2, 0.25) is 0 Å². The summed E-state index contributed by atoms with van der Waals surface area (Å²) in [4.78, 5) is 41.7. The number of nitrogens with one attached hydrogen (secondary N) is 4. The van der Waals surface area contributed by atoms with Crippen molar-refractivity contribution in [1.82, 2.24) is 15.2 Å². The van der Waals surface area contributed by atoms with Crippen molar-refractivity contribution in [2.45, 2.75) is 26.3 Å². The van der Waals surface area contributed by atoms with Crippen molar-refractivity contribution >= 4 is 40.4 Å². The summed E-state index contributed by atoms with van der Waals surface area (Å²) in [5.41, 5.74) is 10.1. The number of rotatable bonds is 5. The van der Waals surface area contributed by atoms with Crippen molar-refractivity contribution in [2.24, 2.45) is 11.7 Å². The zero-order valence-corrected chi connectivity index (χ0v) is 18.2. The average molecular weight is 437 g/mol. The van der Waals surface area contributed by atoms with Crippen molar-refractivity contribution in [3.63, 3.8) is 0 Å². The molecule has 0 unspecified atom stereocenters. The number of hydrogen-bond donors (Lipinski definition) is 5. The molecule has 0 radical (unpaired) electrons. The van der Waals surface area contributed by atoms with Crippen LogP contribution in [0, 0.1) is 5.92 Å². The number of urea groups is 1. The second kappa shape index (κ2) is 8.88. The average Bonchev–Trinajstić information content (AvgIpc) is 3.35. The molecule has 6 N–H and O–H groups in total. The molecular weight excluding hydrogens is 408 g/mol. The lowest BCUT2D eigenvalue weighted by atomic mass is 9.96. The molecule has 9 nitrogen and oxygen atoms in total. The SMILES string of the molecule is CC(=C1C(=O)Nc2ccc(NC(N)=O)cc21)c1cc(CNC(=O)C2CCN(C)CC2)c[nH]1. The van der Waals surface area contributed by atoms with Crippen molar-refractivity contribution in [1.29, 1.82) is 0 Å². The van der Waals surface area contributed by atoms with E-state index in [9.17, 15) is 14.4 Å². The topological polar surface area (TPSA) is 132 Å². The van der Waals surface area contributed by atoms with Crippen molar-refractivity contribution in [3.8, 4) is 0 Å².